The molecule has 3 heterocycles. The number of hydrogen-bond donors (Lipinski definition) is 1. The molecule has 0 aliphatic carbocycles. The Labute approximate surface area is 219 Å². The fraction of sp³-hybridized carbons (Fsp3) is 0.480. The average molecular weight is 536 g/mol. The van der Waals surface area contributed by atoms with Gasteiger partial charge in [-0.05, 0) is 45.2 Å². The largest absolute Gasteiger partial charge is 0.444 e. The Hall–Kier alpha value is -2.91. The third kappa shape index (κ3) is 4.99. The first-order valence-corrected chi connectivity index (χ1v) is 12.6. The highest BCUT2D eigenvalue weighted by atomic mass is 35.5. The predicted octanol–water partition coefficient (Wildman–Crippen LogP) is 3.89. The van der Waals surface area contributed by atoms with Crippen LogP contribution in [-0.4, -0.2) is 44.5 Å². The minimum atomic E-state index is -0.603. The Balaban J connectivity index is 1.82. The Morgan fingerprint density at radius 3 is 2.47 bits per heavy atom. The van der Waals surface area contributed by atoms with E-state index in [4.69, 9.17) is 27.9 Å². The van der Waals surface area contributed by atoms with E-state index >= 15 is 0 Å². The molecule has 0 bridgehead atoms. The second-order valence-corrected chi connectivity index (χ2v) is 10.9. The van der Waals surface area contributed by atoms with E-state index in [1.54, 1.807) is 13.1 Å². The maximum atomic E-state index is 13.3. The number of rotatable bonds is 4. The van der Waals surface area contributed by atoms with E-state index < -0.39 is 22.9 Å². The van der Waals surface area contributed by atoms with Crippen molar-refractivity contribution in [2.24, 2.45) is 14.1 Å². The highest BCUT2D eigenvalue weighted by molar-refractivity contribution is 6.38. The van der Waals surface area contributed by atoms with Gasteiger partial charge in [0.25, 0.3) is 5.56 Å². The minimum Gasteiger partial charge on any atom is -0.444 e. The predicted molar refractivity (Wildman–Crippen MR) is 143 cm³/mol. The quantitative estimate of drug-likeness (QED) is 0.547. The summed E-state index contributed by atoms with van der Waals surface area (Å²) in [6.45, 7) is 6.87. The van der Waals surface area contributed by atoms with Crippen molar-refractivity contribution in [2.45, 2.75) is 51.8 Å². The second-order valence-electron chi connectivity index (χ2n) is 10.1. The SMILES string of the molecule is Cn1c(=O)c2c(c(Cl)c(N3CCC[C@@H](NC(=O)OC(C)(C)C)C3)n2Cc2ccccc2Cl)n(C)c1=O. The van der Waals surface area contributed by atoms with Gasteiger partial charge in [0.05, 0.1) is 12.1 Å². The number of fused-ring (bicyclic) bond motifs is 1. The number of alkyl carbamates (subject to hydrolysis) is 1. The van der Waals surface area contributed by atoms with Crippen LogP contribution in [0.2, 0.25) is 10.0 Å². The molecule has 0 saturated carbocycles. The zero-order valence-corrected chi connectivity index (χ0v) is 22.6. The number of hydrogen-bond acceptors (Lipinski definition) is 5. The molecule has 1 aliphatic heterocycles. The molecule has 1 saturated heterocycles. The fourth-order valence-electron chi connectivity index (χ4n) is 4.67. The first-order chi connectivity index (χ1) is 16.9. The van der Waals surface area contributed by atoms with Gasteiger partial charge < -0.3 is 19.5 Å². The Kier molecular flexibility index (Phi) is 7.16. The summed E-state index contributed by atoms with van der Waals surface area (Å²) < 4.78 is 9.73. The maximum Gasteiger partial charge on any atom is 0.407 e. The molecule has 1 N–H and O–H groups in total. The van der Waals surface area contributed by atoms with Gasteiger partial charge in [0.2, 0.25) is 0 Å². The van der Waals surface area contributed by atoms with Gasteiger partial charge in [-0.3, -0.25) is 13.9 Å². The third-order valence-electron chi connectivity index (χ3n) is 6.30. The third-order valence-corrected chi connectivity index (χ3v) is 7.02. The number of anilines is 1. The van der Waals surface area contributed by atoms with E-state index in [9.17, 15) is 14.4 Å². The van der Waals surface area contributed by atoms with E-state index in [1.807, 2.05) is 43.5 Å². The van der Waals surface area contributed by atoms with Gasteiger partial charge in [-0.1, -0.05) is 41.4 Å². The smallest absolute Gasteiger partial charge is 0.407 e. The minimum absolute atomic E-state index is 0.178. The van der Waals surface area contributed by atoms with Crippen molar-refractivity contribution in [3.8, 4) is 0 Å². The van der Waals surface area contributed by atoms with Crippen LogP contribution in [-0.2, 0) is 25.4 Å². The van der Waals surface area contributed by atoms with Crippen LogP contribution >= 0.6 is 23.2 Å². The lowest BCUT2D eigenvalue weighted by molar-refractivity contribution is 0.0500. The van der Waals surface area contributed by atoms with Crippen LogP contribution in [0.25, 0.3) is 11.0 Å². The normalized spacial score (nSPS) is 16.4. The van der Waals surface area contributed by atoms with E-state index in [0.717, 1.165) is 23.0 Å². The topological polar surface area (TPSA) is 90.5 Å². The number of halogens is 2. The van der Waals surface area contributed by atoms with Crippen LogP contribution in [0, 0.1) is 0 Å². The van der Waals surface area contributed by atoms with Gasteiger partial charge in [0, 0.05) is 38.2 Å². The van der Waals surface area contributed by atoms with E-state index in [-0.39, 0.29) is 12.6 Å². The summed E-state index contributed by atoms with van der Waals surface area (Å²) in [5.74, 6) is 0.612. The molecule has 1 amide bonds. The Morgan fingerprint density at radius 1 is 1.11 bits per heavy atom. The molecule has 1 fully saturated rings. The molecular weight excluding hydrogens is 505 g/mol. The number of nitrogens with zero attached hydrogens (tertiary/aromatic N) is 4. The lowest BCUT2D eigenvalue weighted by atomic mass is 10.1. The first-order valence-electron chi connectivity index (χ1n) is 11.8. The number of benzene rings is 1. The molecule has 2 aromatic heterocycles. The molecular formula is C25H31Cl2N5O4. The summed E-state index contributed by atoms with van der Waals surface area (Å²) in [7, 11) is 3.05. The van der Waals surface area contributed by atoms with E-state index in [1.165, 1.54) is 11.6 Å². The van der Waals surface area contributed by atoms with Crippen molar-refractivity contribution in [1.82, 2.24) is 19.0 Å². The van der Waals surface area contributed by atoms with Crippen molar-refractivity contribution in [3.05, 3.63) is 60.7 Å². The van der Waals surface area contributed by atoms with Gasteiger partial charge in [0.15, 0.2) is 0 Å². The van der Waals surface area contributed by atoms with Crippen molar-refractivity contribution in [3.63, 3.8) is 0 Å². The van der Waals surface area contributed by atoms with Gasteiger partial charge in [0.1, 0.15) is 22.0 Å². The zero-order valence-electron chi connectivity index (χ0n) is 21.1. The van der Waals surface area contributed by atoms with Crippen molar-refractivity contribution in [2.75, 3.05) is 18.0 Å². The number of piperidine rings is 1. The lowest BCUT2D eigenvalue weighted by Gasteiger charge is -2.35. The van der Waals surface area contributed by atoms with Crippen LogP contribution in [0.5, 0.6) is 0 Å². The summed E-state index contributed by atoms with van der Waals surface area (Å²) in [6.07, 6.45) is 1.09. The summed E-state index contributed by atoms with van der Waals surface area (Å²) >= 11 is 13.4. The summed E-state index contributed by atoms with van der Waals surface area (Å²) in [6, 6.07) is 7.22. The van der Waals surface area contributed by atoms with Crippen LogP contribution in [0.1, 0.15) is 39.2 Å². The molecule has 1 atom stereocenters. The van der Waals surface area contributed by atoms with Crippen molar-refractivity contribution in [1.29, 1.82) is 0 Å². The number of aromatic nitrogens is 3. The summed E-state index contributed by atoms with van der Waals surface area (Å²) in [4.78, 5) is 40.5. The number of nitrogens with one attached hydrogen (secondary N) is 1. The van der Waals surface area contributed by atoms with Crippen molar-refractivity contribution < 1.29 is 9.53 Å². The number of carbonyl (C=O) groups excluding carboxylic acids is 1. The standard InChI is InChI=1S/C25H31Cl2N5O4/c1-25(2,3)36-23(34)28-16-10-8-12-31(14-16)21-18(27)19-20(22(33)30(5)24(35)29(19)4)32(21)13-15-9-6-7-11-17(15)26/h6-7,9,11,16H,8,10,12-14H2,1-5H3,(H,28,34)/t16-/m1/s1. The Morgan fingerprint density at radius 2 is 1.81 bits per heavy atom. The number of aryl methyl sites for hydroxylation is 1. The fourth-order valence-corrected chi connectivity index (χ4v) is 5.31. The summed E-state index contributed by atoms with van der Waals surface area (Å²) in [5, 5.41) is 3.82. The molecule has 11 heteroatoms. The average Bonchev–Trinajstić information content (AvgIpc) is 3.08. The molecule has 1 aliphatic rings. The van der Waals surface area contributed by atoms with Gasteiger partial charge >= 0.3 is 11.8 Å². The highest BCUT2D eigenvalue weighted by Crippen LogP contribution is 2.37. The molecule has 3 aromatic rings. The molecule has 0 radical (unpaired) electrons. The van der Waals surface area contributed by atoms with Crippen LogP contribution in [0.4, 0.5) is 10.6 Å². The lowest BCUT2D eigenvalue weighted by Crippen LogP contribution is -2.49. The monoisotopic (exact) mass is 535 g/mol. The van der Waals surface area contributed by atoms with Gasteiger partial charge in [-0.15, -0.1) is 0 Å². The molecule has 194 valence electrons. The number of carbonyl (C=O) groups is 1. The molecule has 36 heavy (non-hydrogen) atoms. The first kappa shape index (κ1) is 26.2. The molecule has 9 nitrogen and oxygen atoms in total. The second kappa shape index (κ2) is 9.86. The van der Waals surface area contributed by atoms with Gasteiger partial charge in [-0.25, -0.2) is 9.59 Å². The van der Waals surface area contributed by atoms with E-state index in [2.05, 4.69) is 10.2 Å². The zero-order chi connectivity index (χ0) is 26.4. The molecule has 4 rings (SSSR count). The molecule has 1 aromatic carbocycles. The van der Waals surface area contributed by atoms with E-state index in [0.29, 0.717) is 40.0 Å². The number of amides is 1. The molecule has 0 unspecified atom stereocenters. The highest BCUT2D eigenvalue weighted by Gasteiger charge is 2.31. The molecule has 0 spiro atoms. The number of ether oxygens (including phenoxy) is 1. The van der Waals surface area contributed by atoms with Crippen LogP contribution in [0.15, 0.2) is 33.9 Å². The summed E-state index contributed by atoms with van der Waals surface area (Å²) in [5.41, 5.74) is 0.00217. The maximum absolute atomic E-state index is 13.3. The van der Waals surface area contributed by atoms with Crippen LogP contribution < -0.4 is 21.5 Å². The van der Waals surface area contributed by atoms with Gasteiger partial charge in [-0.2, -0.15) is 0 Å². The van der Waals surface area contributed by atoms with Crippen molar-refractivity contribution >= 4 is 46.1 Å². The Bertz CT molecular complexity index is 1430. The van der Waals surface area contributed by atoms with Crippen LogP contribution in [0.3, 0.4) is 0 Å².